The molecule has 1 unspecified atom stereocenters. The Morgan fingerprint density at radius 3 is 2.44 bits per heavy atom. The van der Waals surface area contributed by atoms with Gasteiger partial charge in [0.15, 0.2) is 5.78 Å². The molecule has 4 heteroatoms. The highest BCUT2D eigenvalue weighted by atomic mass is 16.6. The van der Waals surface area contributed by atoms with Crippen molar-refractivity contribution >= 4 is 11.8 Å². The first-order chi connectivity index (χ1) is 7.31. The van der Waals surface area contributed by atoms with E-state index in [0.29, 0.717) is 5.56 Å². The van der Waals surface area contributed by atoms with Crippen LogP contribution in [0.4, 0.5) is 0 Å². The number of Topliss-reactive ketones (excluding diaryl/α,β-unsaturated/α-hetero) is 1. The van der Waals surface area contributed by atoms with Crippen molar-refractivity contribution in [3.8, 4) is 0 Å². The molecule has 0 aliphatic heterocycles. The molecule has 16 heavy (non-hydrogen) atoms. The highest BCUT2D eigenvalue weighted by Crippen LogP contribution is 2.15. The Morgan fingerprint density at radius 2 is 2.00 bits per heavy atom. The molecule has 0 radical (unpaired) electrons. The van der Waals surface area contributed by atoms with Crippen LogP contribution in [-0.4, -0.2) is 17.4 Å². The van der Waals surface area contributed by atoms with Crippen LogP contribution in [0.3, 0.4) is 0 Å². The summed E-state index contributed by atoms with van der Waals surface area (Å²) in [5.41, 5.74) is -0.194. The minimum atomic E-state index is -0.808. The Hall–Kier alpha value is -1.58. The lowest BCUT2D eigenvalue weighted by atomic mass is 10.0. The number of rotatable bonds is 3. The van der Waals surface area contributed by atoms with Crippen LogP contribution in [0.2, 0.25) is 0 Å². The van der Waals surface area contributed by atoms with Crippen molar-refractivity contribution in [2.45, 2.75) is 33.3 Å². The standard InChI is InChI=1S/C12H16O4/c1-8(11(14)16-12(2,3)4)10(13)9-5-6-15-7-9/h5-8H,1-4H3. The van der Waals surface area contributed by atoms with E-state index >= 15 is 0 Å². The van der Waals surface area contributed by atoms with E-state index in [4.69, 9.17) is 9.15 Å². The van der Waals surface area contributed by atoms with Gasteiger partial charge in [-0.25, -0.2) is 0 Å². The molecule has 1 aromatic rings. The largest absolute Gasteiger partial charge is 0.472 e. The summed E-state index contributed by atoms with van der Waals surface area (Å²) in [4.78, 5) is 23.4. The molecule has 1 atom stereocenters. The maximum Gasteiger partial charge on any atom is 0.317 e. The zero-order valence-corrected chi connectivity index (χ0v) is 9.94. The van der Waals surface area contributed by atoms with E-state index in [1.807, 2.05) is 0 Å². The number of ketones is 1. The van der Waals surface area contributed by atoms with Crippen LogP contribution in [0.5, 0.6) is 0 Å². The van der Waals surface area contributed by atoms with Crippen molar-refractivity contribution in [2.24, 2.45) is 5.92 Å². The van der Waals surface area contributed by atoms with E-state index in [1.165, 1.54) is 25.5 Å². The van der Waals surface area contributed by atoms with Crippen LogP contribution in [0.15, 0.2) is 23.0 Å². The van der Waals surface area contributed by atoms with E-state index in [9.17, 15) is 9.59 Å². The molecule has 88 valence electrons. The molecule has 0 spiro atoms. The van der Waals surface area contributed by atoms with Gasteiger partial charge in [-0.3, -0.25) is 9.59 Å². The molecule has 0 fully saturated rings. The van der Waals surface area contributed by atoms with Gasteiger partial charge in [-0.05, 0) is 33.8 Å². The van der Waals surface area contributed by atoms with E-state index in [1.54, 1.807) is 20.8 Å². The summed E-state index contributed by atoms with van der Waals surface area (Å²) in [6.45, 7) is 6.82. The number of carbonyl (C=O) groups is 2. The fraction of sp³-hybridized carbons (Fsp3) is 0.500. The summed E-state index contributed by atoms with van der Waals surface area (Å²) in [7, 11) is 0. The first-order valence-corrected chi connectivity index (χ1v) is 5.10. The first-order valence-electron chi connectivity index (χ1n) is 5.10. The summed E-state index contributed by atoms with van der Waals surface area (Å²) in [5, 5.41) is 0. The highest BCUT2D eigenvalue weighted by molar-refractivity contribution is 6.08. The van der Waals surface area contributed by atoms with E-state index in [2.05, 4.69) is 0 Å². The number of ether oxygens (including phenoxy) is 1. The topological polar surface area (TPSA) is 56.5 Å². The second kappa shape index (κ2) is 4.51. The van der Waals surface area contributed by atoms with Crippen molar-refractivity contribution in [1.82, 2.24) is 0 Å². The van der Waals surface area contributed by atoms with Crippen LogP contribution in [0.25, 0.3) is 0 Å². The predicted molar refractivity (Wildman–Crippen MR) is 58.0 cm³/mol. The molecule has 0 aliphatic rings. The van der Waals surface area contributed by atoms with E-state index in [0.717, 1.165) is 0 Å². The van der Waals surface area contributed by atoms with Crippen LogP contribution in [-0.2, 0) is 9.53 Å². The summed E-state index contributed by atoms with van der Waals surface area (Å²) in [5.74, 6) is -1.61. The maximum absolute atomic E-state index is 11.8. The van der Waals surface area contributed by atoms with Crippen molar-refractivity contribution < 1.29 is 18.7 Å². The number of esters is 1. The third-order valence-corrected chi connectivity index (χ3v) is 1.96. The lowest BCUT2D eigenvalue weighted by Gasteiger charge is -2.21. The zero-order chi connectivity index (χ0) is 12.3. The van der Waals surface area contributed by atoms with Gasteiger partial charge < -0.3 is 9.15 Å². The quantitative estimate of drug-likeness (QED) is 0.449. The summed E-state index contributed by atoms with van der Waals surface area (Å²) < 4.78 is 9.92. The third-order valence-electron chi connectivity index (χ3n) is 1.96. The van der Waals surface area contributed by atoms with Gasteiger partial charge in [0.25, 0.3) is 0 Å². The second-order valence-corrected chi connectivity index (χ2v) is 4.63. The van der Waals surface area contributed by atoms with Gasteiger partial charge in [0.05, 0.1) is 11.8 Å². The molecule has 0 amide bonds. The van der Waals surface area contributed by atoms with Crippen molar-refractivity contribution in [3.05, 3.63) is 24.2 Å². The van der Waals surface area contributed by atoms with E-state index in [-0.39, 0.29) is 5.78 Å². The fourth-order valence-electron chi connectivity index (χ4n) is 1.15. The van der Waals surface area contributed by atoms with Gasteiger partial charge in [-0.2, -0.15) is 0 Å². The Labute approximate surface area is 94.6 Å². The van der Waals surface area contributed by atoms with Crippen LogP contribution in [0.1, 0.15) is 38.1 Å². The normalized spacial score (nSPS) is 13.2. The summed E-state index contributed by atoms with van der Waals surface area (Å²) in [6.07, 6.45) is 2.72. The minimum absolute atomic E-state index is 0.289. The first kappa shape index (κ1) is 12.5. The molecular formula is C12H16O4. The molecular weight excluding hydrogens is 208 g/mol. The minimum Gasteiger partial charge on any atom is -0.472 e. The molecule has 1 rings (SSSR count). The van der Waals surface area contributed by atoms with Gasteiger partial charge in [0, 0.05) is 0 Å². The predicted octanol–water partition coefficient (Wildman–Crippen LogP) is 2.44. The van der Waals surface area contributed by atoms with Crippen molar-refractivity contribution in [1.29, 1.82) is 0 Å². The van der Waals surface area contributed by atoms with Crippen LogP contribution in [0, 0.1) is 5.92 Å². The molecule has 4 nitrogen and oxygen atoms in total. The number of furan rings is 1. The Bertz CT molecular complexity index is 370. The molecule has 0 bridgehead atoms. The molecule has 1 heterocycles. The molecule has 1 aromatic heterocycles. The molecule has 0 aromatic carbocycles. The van der Waals surface area contributed by atoms with Gasteiger partial charge in [-0.1, -0.05) is 0 Å². The zero-order valence-electron chi connectivity index (χ0n) is 9.94. The smallest absolute Gasteiger partial charge is 0.317 e. The lowest BCUT2D eigenvalue weighted by molar-refractivity contribution is -0.157. The maximum atomic E-state index is 11.8. The Morgan fingerprint density at radius 1 is 1.38 bits per heavy atom. The second-order valence-electron chi connectivity index (χ2n) is 4.63. The number of carbonyl (C=O) groups excluding carboxylic acids is 2. The third kappa shape index (κ3) is 3.22. The average molecular weight is 224 g/mol. The molecule has 0 saturated carbocycles. The lowest BCUT2D eigenvalue weighted by Crippen LogP contribution is -2.31. The monoisotopic (exact) mass is 224 g/mol. The molecule has 0 saturated heterocycles. The Balaban J connectivity index is 2.68. The SMILES string of the molecule is CC(C(=O)OC(C)(C)C)C(=O)c1ccoc1. The van der Waals surface area contributed by atoms with Crippen LogP contribution >= 0.6 is 0 Å². The number of hydrogen-bond acceptors (Lipinski definition) is 4. The van der Waals surface area contributed by atoms with Gasteiger partial charge >= 0.3 is 5.97 Å². The fourth-order valence-corrected chi connectivity index (χ4v) is 1.15. The van der Waals surface area contributed by atoms with E-state index < -0.39 is 17.5 Å². The van der Waals surface area contributed by atoms with Crippen LogP contribution < -0.4 is 0 Å². The van der Waals surface area contributed by atoms with Gasteiger partial charge in [-0.15, -0.1) is 0 Å². The highest BCUT2D eigenvalue weighted by Gasteiger charge is 2.28. The summed E-state index contributed by atoms with van der Waals surface area (Å²) >= 11 is 0. The van der Waals surface area contributed by atoms with Crippen molar-refractivity contribution in [2.75, 3.05) is 0 Å². The van der Waals surface area contributed by atoms with Gasteiger partial charge in [0.1, 0.15) is 17.8 Å². The average Bonchev–Trinajstić information content (AvgIpc) is 2.65. The Kier molecular flexibility index (Phi) is 3.52. The molecule has 0 aliphatic carbocycles. The summed E-state index contributed by atoms with van der Waals surface area (Å²) in [6, 6.07) is 1.53. The van der Waals surface area contributed by atoms with Crippen molar-refractivity contribution in [3.63, 3.8) is 0 Å². The number of hydrogen-bond donors (Lipinski definition) is 0. The van der Waals surface area contributed by atoms with Gasteiger partial charge in [0.2, 0.25) is 0 Å². The molecule has 0 N–H and O–H groups in total.